The standard InChI is InChI=1S/C12H18N2O2S/c15-9-10-3-1-5-14(10)8-12(16)13-7-11-4-2-6-17-11/h2,4,6,10,15H,1,3,5,7-9H2,(H,13,16)/t10-/m1/s1. The molecule has 0 aromatic carbocycles. The van der Waals surface area contributed by atoms with E-state index in [1.807, 2.05) is 17.5 Å². The first kappa shape index (κ1) is 12.5. The topological polar surface area (TPSA) is 52.6 Å². The molecule has 17 heavy (non-hydrogen) atoms. The third kappa shape index (κ3) is 3.52. The maximum Gasteiger partial charge on any atom is 0.234 e. The third-order valence-electron chi connectivity index (χ3n) is 3.10. The number of aliphatic hydroxyl groups is 1. The highest BCUT2D eigenvalue weighted by Gasteiger charge is 2.25. The zero-order chi connectivity index (χ0) is 12.1. The number of amides is 1. The quantitative estimate of drug-likeness (QED) is 0.818. The molecule has 0 spiro atoms. The Morgan fingerprint density at radius 2 is 2.53 bits per heavy atom. The lowest BCUT2D eigenvalue weighted by molar-refractivity contribution is -0.122. The van der Waals surface area contributed by atoms with Crippen LogP contribution in [0.1, 0.15) is 17.7 Å². The van der Waals surface area contributed by atoms with Gasteiger partial charge in [-0.2, -0.15) is 0 Å². The predicted molar refractivity (Wildman–Crippen MR) is 67.8 cm³/mol. The fraction of sp³-hybridized carbons (Fsp3) is 0.583. The van der Waals surface area contributed by atoms with Crippen molar-refractivity contribution >= 4 is 17.2 Å². The van der Waals surface area contributed by atoms with Crippen LogP contribution in [-0.4, -0.2) is 41.7 Å². The first-order chi connectivity index (χ1) is 8.29. The molecule has 2 rings (SSSR count). The molecule has 0 radical (unpaired) electrons. The molecule has 1 atom stereocenters. The van der Waals surface area contributed by atoms with Crippen LogP contribution in [0.15, 0.2) is 17.5 Å². The van der Waals surface area contributed by atoms with Crippen molar-refractivity contribution in [2.45, 2.75) is 25.4 Å². The van der Waals surface area contributed by atoms with Crippen LogP contribution in [-0.2, 0) is 11.3 Å². The van der Waals surface area contributed by atoms with Crippen molar-refractivity contribution in [1.82, 2.24) is 10.2 Å². The smallest absolute Gasteiger partial charge is 0.234 e. The van der Waals surface area contributed by atoms with Crippen LogP contribution >= 0.6 is 11.3 Å². The van der Waals surface area contributed by atoms with Crippen molar-refractivity contribution in [2.24, 2.45) is 0 Å². The first-order valence-corrected chi connectivity index (χ1v) is 6.81. The molecule has 1 fully saturated rings. The van der Waals surface area contributed by atoms with Gasteiger partial charge in [-0.15, -0.1) is 11.3 Å². The van der Waals surface area contributed by atoms with E-state index in [1.165, 1.54) is 4.88 Å². The average Bonchev–Trinajstić information content (AvgIpc) is 2.97. The fourth-order valence-corrected chi connectivity index (χ4v) is 2.79. The first-order valence-electron chi connectivity index (χ1n) is 5.93. The summed E-state index contributed by atoms with van der Waals surface area (Å²) in [4.78, 5) is 15.0. The van der Waals surface area contributed by atoms with Gasteiger partial charge in [-0.1, -0.05) is 6.07 Å². The highest BCUT2D eigenvalue weighted by Crippen LogP contribution is 2.15. The van der Waals surface area contributed by atoms with Crippen molar-refractivity contribution in [3.05, 3.63) is 22.4 Å². The number of carbonyl (C=O) groups excluding carboxylic acids is 1. The molecule has 1 aliphatic heterocycles. The molecule has 0 unspecified atom stereocenters. The molecule has 5 heteroatoms. The van der Waals surface area contributed by atoms with E-state index in [9.17, 15) is 4.79 Å². The number of rotatable bonds is 5. The molecule has 0 saturated carbocycles. The summed E-state index contributed by atoms with van der Waals surface area (Å²) >= 11 is 1.64. The lowest BCUT2D eigenvalue weighted by Crippen LogP contribution is -2.40. The van der Waals surface area contributed by atoms with Crippen molar-refractivity contribution in [3.63, 3.8) is 0 Å². The zero-order valence-corrected chi connectivity index (χ0v) is 10.6. The molecule has 2 N–H and O–H groups in total. The highest BCUT2D eigenvalue weighted by atomic mass is 32.1. The minimum Gasteiger partial charge on any atom is -0.395 e. The second kappa shape index (κ2) is 6.14. The molecule has 1 saturated heterocycles. The zero-order valence-electron chi connectivity index (χ0n) is 9.76. The summed E-state index contributed by atoms with van der Waals surface area (Å²) in [6, 6.07) is 4.16. The summed E-state index contributed by atoms with van der Waals surface area (Å²) in [5.74, 6) is 0.0405. The van der Waals surface area contributed by atoms with Crippen molar-refractivity contribution in [2.75, 3.05) is 19.7 Å². The van der Waals surface area contributed by atoms with Gasteiger partial charge in [-0.3, -0.25) is 9.69 Å². The lowest BCUT2D eigenvalue weighted by atomic mass is 10.2. The second-order valence-corrected chi connectivity index (χ2v) is 5.34. The minimum atomic E-state index is 0.0405. The van der Waals surface area contributed by atoms with E-state index in [1.54, 1.807) is 11.3 Å². The molecule has 1 aliphatic rings. The van der Waals surface area contributed by atoms with Gasteiger partial charge >= 0.3 is 0 Å². The van der Waals surface area contributed by atoms with Gasteiger partial charge in [0.25, 0.3) is 0 Å². The molecule has 2 heterocycles. The monoisotopic (exact) mass is 254 g/mol. The van der Waals surface area contributed by atoms with Crippen LogP contribution < -0.4 is 5.32 Å². The van der Waals surface area contributed by atoms with Crippen molar-refractivity contribution in [1.29, 1.82) is 0 Å². The summed E-state index contributed by atoms with van der Waals surface area (Å²) in [7, 11) is 0. The summed E-state index contributed by atoms with van der Waals surface area (Å²) in [5.41, 5.74) is 0. The number of nitrogens with zero attached hydrogens (tertiary/aromatic N) is 1. The Morgan fingerprint density at radius 1 is 1.65 bits per heavy atom. The number of nitrogens with one attached hydrogen (secondary N) is 1. The number of carbonyl (C=O) groups is 1. The summed E-state index contributed by atoms with van der Waals surface area (Å²) in [6.45, 7) is 2.07. The van der Waals surface area contributed by atoms with Gasteiger partial charge in [0.2, 0.25) is 5.91 Å². The normalized spacial score (nSPS) is 20.6. The molecular formula is C12H18N2O2S. The van der Waals surface area contributed by atoms with E-state index in [-0.39, 0.29) is 18.6 Å². The number of aliphatic hydroxyl groups excluding tert-OH is 1. The number of hydrogen-bond acceptors (Lipinski definition) is 4. The largest absolute Gasteiger partial charge is 0.395 e. The summed E-state index contributed by atoms with van der Waals surface area (Å²) in [5, 5.41) is 14.1. The SMILES string of the molecule is O=C(CN1CCC[C@@H]1CO)NCc1cccs1. The maximum absolute atomic E-state index is 11.7. The molecule has 4 nitrogen and oxygen atoms in total. The Bertz CT molecular complexity index is 353. The minimum absolute atomic E-state index is 0.0405. The van der Waals surface area contributed by atoms with Crippen LogP contribution in [0.4, 0.5) is 0 Å². The molecular weight excluding hydrogens is 236 g/mol. The van der Waals surface area contributed by atoms with Gasteiger partial charge in [0.1, 0.15) is 0 Å². The van der Waals surface area contributed by atoms with Crippen LogP contribution in [0, 0.1) is 0 Å². The van der Waals surface area contributed by atoms with E-state index >= 15 is 0 Å². The molecule has 1 aromatic heterocycles. The van der Waals surface area contributed by atoms with Crippen molar-refractivity contribution in [3.8, 4) is 0 Å². The van der Waals surface area contributed by atoms with Crippen LogP contribution in [0.3, 0.4) is 0 Å². The van der Waals surface area contributed by atoms with Gasteiger partial charge in [0, 0.05) is 10.9 Å². The van der Waals surface area contributed by atoms with E-state index in [0.29, 0.717) is 13.1 Å². The van der Waals surface area contributed by atoms with Gasteiger partial charge in [-0.05, 0) is 30.8 Å². The Kier molecular flexibility index (Phi) is 4.53. The van der Waals surface area contributed by atoms with Gasteiger partial charge in [-0.25, -0.2) is 0 Å². The Balaban J connectivity index is 1.73. The molecule has 94 valence electrons. The molecule has 0 aliphatic carbocycles. The van der Waals surface area contributed by atoms with Crippen molar-refractivity contribution < 1.29 is 9.90 Å². The molecule has 1 amide bonds. The van der Waals surface area contributed by atoms with E-state index in [0.717, 1.165) is 19.4 Å². The fourth-order valence-electron chi connectivity index (χ4n) is 2.15. The maximum atomic E-state index is 11.7. The molecule has 0 bridgehead atoms. The van der Waals surface area contributed by atoms with Crippen LogP contribution in [0.5, 0.6) is 0 Å². The van der Waals surface area contributed by atoms with Gasteiger partial charge < -0.3 is 10.4 Å². The Hall–Kier alpha value is -0.910. The average molecular weight is 254 g/mol. The number of hydrogen-bond donors (Lipinski definition) is 2. The van der Waals surface area contributed by atoms with Crippen LogP contribution in [0.2, 0.25) is 0 Å². The third-order valence-corrected chi connectivity index (χ3v) is 3.97. The van der Waals surface area contributed by atoms with Gasteiger partial charge in [0.15, 0.2) is 0 Å². The number of likely N-dealkylation sites (tertiary alicyclic amines) is 1. The summed E-state index contributed by atoms with van der Waals surface area (Å²) in [6.07, 6.45) is 2.07. The van der Waals surface area contributed by atoms with Gasteiger partial charge in [0.05, 0.1) is 19.7 Å². The second-order valence-electron chi connectivity index (χ2n) is 4.31. The lowest BCUT2D eigenvalue weighted by Gasteiger charge is -2.21. The van der Waals surface area contributed by atoms with E-state index in [2.05, 4.69) is 10.2 Å². The Morgan fingerprint density at radius 3 is 3.24 bits per heavy atom. The van der Waals surface area contributed by atoms with E-state index < -0.39 is 0 Å². The Labute approximate surface area is 105 Å². The van der Waals surface area contributed by atoms with E-state index in [4.69, 9.17) is 5.11 Å². The van der Waals surface area contributed by atoms with Crippen LogP contribution in [0.25, 0.3) is 0 Å². The summed E-state index contributed by atoms with van der Waals surface area (Å²) < 4.78 is 0. The number of thiophene rings is 1. The predicted octanol–water partition coefficient (Wildman–Crippen LogP) is 0.821. The highest BCUT2D eigenvalue weighted by molar-refractivity contribution is 7.09. The molecule has 1 aromatic rings.